The summed E-state index contributed by atoms with van der Waals surface area (Å²) < 4.78 is 1.84. The van der Waals surface area contributed by atoms with Crippen LogP contribution in [0, 0.1) is 0 Å². The van der Waals surface area contributed by atoms with Crippen LogP contribution >= 0.6 is 23.2 Å². The smallest absolute Gasteiger partial charge is 0.151 e. The zero-order valence-electron chi connectivity index (χ0n) is 8.61. The minimum Gasteiger partial charge on any atom is -0.313 e. The van der Waals surface area contributed by atoms with Crippen LogP contribution in [0.15, 0.2) is 24.5 Å². The summed E-state index contributed by atoms with van der Waals surface area (Å²) >= 11 is 11.9. The Labute approximate surface area is 103 Å². The van der Waals surface area contributed by atoms with Crippen molar-refractivity contribution in [1.82, 2.24) is 20.1 Å². The fourth-order valence-electron chi connectivity index (χ4n) is 1.43. The van der Waals surface area contributed by atoms with Crippen LogP contribution in [-0.2, 0) is 6.54 Å². The lowest BCUT2D eigenvalue weighted by Crippen LogP contribution is -2.11. The summed E-state index contributed by atoms with van der Waals surface area (Å²) in [5.41, 5.74) is 0.854. The lowest BCUT2D eigenvalue weighted by Gasteiger charge is -2.07. The zero-order chi connectivity index (χ0) is 11.5. The van der Waals surface area contributed by atoms with Gasteiger partial charge in [0.25, 0.3) is 0 Å². The predicted octanol–water partition coefficient (Wildman–Crippen LogP) is 2.29. The van der Waals surface area contributed by atoms with Gasteiger partial charge in [-0.3, -0.25) is 4.57 Å². The number of rotatable bonds is 3. The van der Waals surface area contributed by atoms with Crippen molar-refractivity contribution in [3.05, 3.63) is 40.4 Å². The number of benzene rings is 1. The van der Waals surface area contributed by atoms with E-state index in [4.69, 9.17) is 23.2 Å². The van der Waals surface area contributed by atoms with Crippen LogP contribution in [0.25, 0.3) is 5.69 Å². The maximum atomic E-state index is 5.94. The molecule has 0 amide bonds. The third-order valence-electron chi connectivity index (χ3n) is 2.08. The Kier molecular flexibility index (Phi) is 3.43. The largest absolute Gasteiger partial charge is 0.313 e. The van der Waals surface area contributed by atoms with E-state index in [1.54, 1.807) is 12.4 Å². The number of aromatic nitrogens is 3. The molecule has 0 saturated carbocycles. The second-order valence-electron chi connectivity index (χ2n) is 3.28. The molecule has 2 aromatic rings. The van der Waals surface area contributed by atoms with E-state index in [0.29, 0.717) is 16.6 Å². The SMILES string of the molecule is CNCc1nncn1-c1cc(Cl)cc(Cl)c1. The van der Waals surface area contributed by atoms with Gasteiger partial charge in [0.15, 0.2) is 5.82 Å². The third-order valence-corrected chi connectivity index (χ3v) is 2.52. The van der Waals surface area contributed by atoms with Crippen molar-refractivity contribution in [3.8, 4) is 5.69 Å². The van der Waals surface area contributed by atoms with E-state index in [1.165, 1.54) is 0 Å². The first-order valence-corrected chi connectivity index (χ1v) is 5.46. The van der Waals surface area contributed by atoms with Crippen LogP contribution in [-0.4, -0.2) is 21.8 Å². The molecule has 6 heteroatoms. The maximum absolute atomic E-state index is 5.94. The van der Waals surface area contributed by atoms with Gasteiger partial charge in [-0.25, -0.2) is 0 Å². The van der Waals surface area contributed by atoms with Crippen molar-refractivity contribution in [1.29, 1.82) is 0 Å². The third kappa shape index (κ3) is 2.35. The molecule has 1 heterocycles. The maximum Gasteiger partial charge on any atom is 0.151 e. The average molecular weight is 257 g/mol. The highest BCUT2D eigenvalue weighted by Crippen LogP contribution is 2.22. The van der Waals surface area contributed by atoms with Crippen molar-refractivity contribution >= 4 is 23.2 Å². The Morgan fingerprint density at radius 1 is 1.25 bits per heavy atom. The number of hydrogen-bond acceptors (Lipinski definition) is 3. The lowest BCUT2D eigenvalue weighted by atomic mass is 10.3. The molecule has 16 heavy (non-hydrogen) atoms. The highest BCUT2D eigenvalue weighted by Gasteiger charge is 2.06. The summed E-state index contributed by atoms with van der Waals surface area (Å²) in [5, 5.41) is 12.1. The molecule has 0 aliphatic rings. The molecule has 0 aliphatic carbocycles. The molecule has 0 unspecified atom stereocenters. The molecule has 0 aliphatic heterocycles. The standard InChI is InChI=1S/C10H10Cl2N4/c1-13-5-10-15-14-6-16(10)9-3-7(11)2-8(12)4-9/h2-4,6,13H,5H2,1H3. The van der Waals surface area contributed by atoms with E-state index >= 15 is 0 Å². The van der Waals surface area contributed by atoms with Gasteiger partial charge in [0.05, 0.1) is 12.2 Å². The van der Waals surface area contributed by atoms with Crippen molar-refractivity contribution in [3.63, 3.8) is 0 Å². The molecule has 0 bridgehead atoms. The molecular formula is C10H10Cl2N4. The van der Waals surface area contributed by atoms with Crippen molar-refractivity contribution in [2.45, 2.75) is 6.54 Å². The summed E-state index contributed by atoms with van der Waals surface area (Å²) in [6.07, 6.45) is 1.63. The molecule has 2 rings (SSSR count). The van der Waals surface area contributed by atoms with Gasteiger partial charge in [0, 0.05) is 10.0 Å². The van der Waals surface area contributed by atoms with E-state index in [-0.39, 0.29) is 0 Å². The first-order valence-electron chi connectivity index (χ1n) is 4.70. The van der Waals surface area contributed by atoms with E-state index in [2.05, 4.69) is 15.5 Å². The van der Waals surface area contributed by atoms with Gasteiger partial charge >= 0.3 is 0 Å². The molecule has 0 radical (unpaired) electrons. The first-order chi connectivity index (χ1) is 7.70. The monoisotopic (exact) mass is 256 g/mol. The van der Waals surface area contributed by atoms with E-state index in [1.807, 2.05) is 23.7 Å². The molecule has 4 nitrogen and oxygen atoms in total. The van der Waals surface area contributed by atoms with Crippen molar-refractivity contribution in [2.24, 2.45) is 0 Å². The molecule has 0 atom stereocenters. The van der Waals surface area contributed by atoms with E-state index in [9.17, 15) is 0 Å². The molecule has 1 N–H and O–H groups in total. The van der Waals surface area contributed by atoms with E-state index < -0.39 is 0 Å². The van der Waals surface area contributed by atoms with Crippen LogP contribution in [0.2, 0.25) is 10.0 Å². The quantitative estimate of drug-likeness (QED) is 0.917. The van der Waals surface area contributed by atoms with Gasteiger partial charge in [-0.05, 0) is 25.2 Å². The Morgan fingerprint density at radius 2 is 1.94 bits per heavy atom. The number of halogens is 2. The van der Waals surface area contributed by atoms with Gasteiger partial charge in [0.2, 0.25) is 0 Å². The molecule has 84 valence electrons. The predicted molar refractivity (Wildman–Crippen MR) is 64.1 cm³/mol. The highest BCUT2D eigenvalue weighted by atomic mass is 35.5. The van der Waals surface area contributed by atoms with Gasteiger partial charge in [-0.1, -0.05) is 23.2 Å². The van der Waals surface area contributed by atoms with Crippen LogP contribution in [0.5, 0.6) is 0 Å². The molecule has 0 spiro atoms. The van der Waals surface area contributed by atoms with Crippen LogP contribution in [0.4, 0.5) is 0 Å². The molecular weight excluding hydrogens is 247 g/mol. The minimum atomic E-state index is 0.589. The molecule has 0 saturated heterocycles. The minimum absolute atomic E-state index is 0.589. The Bertz CT molecular complexity index is 475. The van der Waals surface area contributed by atoms with Gasteiger partial charge < -0.3 is 5.32 Å². The van der Waals surface area contributed by atoms with Crippen LogP contribution in [0.1, 0.15) is 5.82 Å². The van der Waals surface area contributed by atoms with Gasteiger partial charge in [-0.2, -0.15) is 0 Å². The fourth-order valence-corrected chi connectivity index (χ4v) is 1.95. The topological polar surface area (TPSA) is 42.7 Å². The summed E-state index contributed by atoms with van der Waals surface area (Å²) in [6.45, 7) is 0.629. The lowest BCUT2D eigenvalue weighted by molar-refractivity contribution is 0.737. The number of hydrogen-bond donors (Lipinski definition) is 1. The summed E-state index contributed by atoms with van der Waals surface area (Å²) in [5.74, 6) is 0.806. The zero-order valence-corrected chi connectivity index (χ0v) is 10.1. The van der Waals surface area contributed by atoms with Crippen molar-refractivity contribution < 1.29 is 0 Å². The molecule has 1 aromatic carbocycles. The highest BCUT2D eigenvalue weighted by molar-refractivity contribution is 6.34. The molecule has 0 fully saturated rings. The van der Waals surface area contributed by atoms with Crippen LogP contribution < -0.4 is 5.32 Å². The Balaban J connectivity index is 2.45. The average Bonchev–Trinajstić information content (AvgIpc) is 2.65. The Morgan fingerprint density at radius 3 is 2.56 bits per heavy atom. The number of nitrogens with zero attached hydrogens (tertiary/aromatic N) is 3. The normalized spacial score (nSPS) is 10.7. The second kappa shape index (κ2) is 4.82. The number of nitrogens with one attached hydrogen (secondary N) is 1. The Hall–Kier alpha value is -1.10. The van der Waals surface area contributed by atoms with Crippen LogP contribution in [0.3, 0.4) is 0 Å². The van der Waals surface area contributed by atoms with Gasteiger partial charge in [0.1, 0.15) is 6.33 Å². The second-order valence-corrected chi connectivity index (χ2v) is 4.15. The molecule has 1 aromatic heterocycles. The van der Waals surface area contributed by atoms with Crippen molar-refractivity contribution in [2.75, 3.05) is 7.05 Å². The van der Waals surface area contributed by atoms with E-state index in [0.717, 1.165) is 11.5 Å². The summed E-state index contributed by atoms with van der Waals surface area (Å²) in [6, 6.07) is 5.32. The van der Waals surface area contributed by atoms with Gasteiger partial charge in [-0.15, -0.1) is 10.2 Å². The fraction of sp³-hybridized carbons (Fsp3) is 0.200. The summed E-state index contributed by atoms with van der Waals surface area (Å²) in [7, 11) is 1.85. The first kappa shape index (κ1) is 11.4. The summed E-state index contributed by atoms with van der Waals surface area (Å²) in [4.78, 5) is 0.